The molecule has 0 radical (unpaired) electrons. The van der Waals surface area contributed by atoms with Gasteiger partial charge in [-0.25, -0.2) is 4.98 Å². The Bertz CT molecular complexity index is 1380. The lowest BCUT2D eigenvalue weighted by molar-refractivity contribution is -0.117. The maximum absolute atomic E-state index is 11.8. The second-order valence-electron chi connectivity index (χ2n) is 9.31. The van der Waals surface area contributed by atoms with Crippen LogP contribution in [0, 0.1) is 0 Å². The van der Waals surface area contributed by atoms with Gasteiger partial charge in [-0.15, -0.1) is 11.3 Å². The molecular formula is C27H30ClN5O2S. The molecule has 4 heterocycles. The monoisotopic (exact) mass is 523 g/mol. The number of halogens is 1. The molecule has 9 heteroatoms. The van der Waals surface area contributed by atoms with Crippen molar-refractivity contribution in [3.05, 3.63) is 75.9 Å². The minimum atomic E-state index is -0.397. The number of hydrogen-bond donors (Lipinski definition) is 1. The normalized spacial score (nSPS) is 15.9. The molecule has 4 aromatic rings. The molecule has 1 saturated heterocycles. The van der Waals surface area contributed by atoms with Crippen LogP contribution in [0.1, 0.15) is 29.0 Å². The van der Waals surface area contributed by atoms with Gasteiger partial charge in [0.05, 0.1) is 28.1 Å². The molecule has 1 aromatic carbocycles. The topological polar surface area (TPSA) is 76.1 Å². The Morgan fingerprint density at radius 1 is 1.19 bits per heavy atom. The van der Waals surface area contributed by atoms with Crippen LogP contribution in [0.5, 0.6) is 5.75 Å². The van der Waals surface area contributed by atoms with Crippen LogP contribution in [0.3, 0.4) is 0 Å². The molecule has 188 valence electrons. The van der Waals surface area contributed by atoms with E-state index in [0.717, 1.165) is 59.4 Å². The third kappa shape index (κ3) is 5.42. The van der Waals surface area contributed by atoms with Crippen molar-refractivity contribution in [2.45, 2.75) is 26.0 Å². The number of benzene rings is 1. The molecule has 2 N–H and O–H groups in total. The highest BCUT2D eigenvalue weighted by Crippen LogP contribution is 2.39. The molecule has 1 fully saturated rings. The minimum Gasteiger partial charge on any atom is -0.485 e. The van der Waals surface area contributed by atoms with Crippen LogP contribution in [0.4, 0.5) is 0 Å². The molecular weight excluding hydrogens is 494 g/mol. The van der Waals surface area contributed by atoms with Crippen molar-refractivity contribution in [2.24, 2.45) is 5.73 Å². The van der Waals surface area contributed by atoms with Gasteiger partial charge in [0, 0.05) is 55.6 Å². The van der Waals surface area contributed by atoms with E-state index in [1.165, 1.54) is 16.9 Å². The maximum Gasteiger partial charge on any atom is 0.222 e. The van der Waals surface area contributed by atoms with Crippen LogP contribution in [0.2, 0.25) is 5.02 Å². The van der Waals surface area contributed by atoms with Crippen molar-refractivity contribution in [1.29, 1.82) is 0 Å². The molecule has 1 aliphatic rings. The number of hydrogen-bond acceptors (Lipinski definition) is 6. The van der Waals surface area contributed by atoms with Gasteiger partial charge in [0.2, 0.25) is 5.91 Å². The van der Waals surface area contributed by atoms with Crippen LogP contribution in [0.15, 0.2) is 54.9 Å². The lowest BCUT2D eigenvalue weighted by atomic mass is 10.1. The van der Waals surface area contributed by atoms with Crippen LogP contribution in [-0.2, 0) is 17.8 Å². The molecule has 0 saturated carbocycles. The van der Waals surface area contributed by atoms with Crippen molar-refractivity contribution >= 4 is 34.5 Å². The van der Waals surface area contributed by atoms with Gasteiger partial charge in [-0.2, -0.15) is 0 Å². The van der Waals surface area contributed by atoms with E-state index in [9.17, 15) is 4.79 Å². The van der Waals surface area contributed by atoms with Gasteiger partial charge in [0.15, 0.2) is 0 Å². The Labute approximate surface area is 220 Å². The fraction of sp³-hybridized carbons (Fsp3) is 0.333. The van der Waals surface area contributed by atoms with Crippen molar-refractivity contribution < 1.29 is 9.53 Å². The number of aromatic nitrogens is 2. The Morgan fingerprint density at radius 2 is 1.97 bits per heavy atom. The standard InChI is InChI=1S/C27H30ClN5O2S/c1-18(20-5-3-4-6-21(20)28)35-23-13-24(36-25(23)14-26(29)34)22-15-30-27-8-7-19(17-33(22)27)16-32-11-9-31(2)10-12-32/h3-8,13,15,17-18H,9-12,14,16H2,1-2H3,(H2,29,34). The van der Waals surface area contributed by atoms with Gasteiger partial charge in [-0.05, 0) is 31.7 Å². The van der Waals surface area contributed by atoms with Crippen molar-refractivity contribution in [3.63, 3.8) is 0 Å². The third-order valence-electron chi connectivity index (χ3n) is 6.57. The Balaban J connectivity index is 1.44. The Kier molecular flexibility index (Phi) is 7.29. The predicted octanol–water partition coefficient (Wildman–Crippen LogP) is 4.63. The van der Waals surface area contributed by atoms with Gasteiger partial charge in [-0.1, -0.05) is 35.9 Å². The fourth-order valence-electron chi connectivity index (χ4n) is 4.54. The number of carbonyl (C=O) groups excluding carboxylic acids is 1. The molecule has 0 aliphatic carbocycles. The molecule has 7 nitrogen and oxygen atoms in total. The van der Waals surface area contributed by atoms with E-state index in [2.05, 4.69) is 44.6 Å². The summed E-state index contributed by atoms with van der Waals surface area (Å²) >= 11 is 7.89. The van der Waals surface area contributed by atoms with Gasteiger partial charge < -0.3 is 15.4 Å². The number of nitrogens with zero attached hydrogens (tertiary/aromatic N) is 4. The van der Waals surface area contributed by atoms with Crippen molar-refractivity contribution in [2.75, 3.05) is 33.2 Å². The smallest absolute Gasteiger partial charge is 0.222 e. The summed E-state index contributed by atoms with van der Waals surface area (Å²) in [6.07, 6.45) is 3.86. The number of fused-ring (bicyclic) bond motifs is 1. The number of likely N-dealkylation sites (N-methyl/N-ethyl adjacent to an activating group) is 1. The first kappa shape index (κ1) is 24.8. The van der Waals surface area contributed by atoms with Crippen LogP contribution in [-0.4, -0.2) is 58.3 Å². The number of ether oxygens (including phenoxy) is 1. The quantitative estimate of drug-likeness (QED) is 0.364. The van der Waals surface area contributed by atoms with E-state index in [1.807, 2.05) is 43.5 Å². The number of nitrogens with two attached hydrogens (primary N) is 1. The number of rotatable bonds is 8. The summed E-state index contributed by atoms with van der Waals surface area (Å²) in [7, 11) is 2.17. The highest BCUT2D eigenvalue weighted by atomic mass is 35.5. The number of piperazine rings is 1. The van der Waals surface area contributed by atoms with E-state index in [1.54, 1.807) is 0 Å². The number of pyridine rings is 1. The lowest BCUT2D eigenvalue weighted by Crippen LogP contribution is -2.43. The van der Waals surface area contributed by atoms with E-state index >= 15 is 0 Å². The van der Waals surface area contributed by atoms with Crippen molar-refractivity contribution in [1.82, 2.24) is 19.2 Å². The molecule has 1 unspecified atom stereocenters. The van der Waals surface area contributed by atoms with Crippen LogP contribution < -0.4 is 10.5 Å². The van der Waals surface area contributed by atoms with Crippen molar-refractivity contribution in [3.8, 4) is 16.3 Å². The van der Waals surface area contributed by atoms with Crippen LogP contribution >= 0.6 is 22.9 Å². The summed E-state index contributed by atoms with van der Waals surface area (Å²) in [6, 6.07) is 13.8. The molecule has 5 rings (SSSR count). The zero-order valence-electron chi connectivity index (χ0n) is 20.5. The Morgan fingerprint density at radius 3 is 2.72 bits per heavy atom. The summed E-state index contributed by atoms with van der Waals surface area (Å²) in [4.78, 5) is 23.0. The predicted molar refractivity (Wildman–Crippen MR) is 145 cm³/mol. The number of thiophene rings is 1. The second kappa shape index (κ2) is 10.6. The first-order valence-electron chi connectivity index (χ1n) is 12.1. The summed E-state index contributed by atoms with van der Waals surface area (Å²) in [5.41, 5.74) is 9.53. The second-order valence-corrected chi connectivity index (χ2v) is 10.9. The van der Waals surface area contributed by atoms with Gasteiger partial charge in [0.25, 0.3) is 0 Å². The average Bonchev–Trinajstić information content (AvgIpc) is 3.44. The van der Waals surface area contributed by atoms with E-state index in [-0.39, 0.29) is 12.5 Å². The van der Waals surface area contributed by atoms with Gasteiger partial charge >= 0.3 is 0 Å². The molecule has 1 atom stereocenters. The summed E-state index contributed by atoms with van der Waals surface area (Å²) in [6.45, 7) is 7.17. The molecule has 1 aliphatic heterocycles. The third-order valence-corrected chi connectivity index (χ3v) is 8.06. The number of imidazole rings is 1. The molecule has 1 amide bonds. The summed E-state index contributed by atoms with van der Waals surface area (Å²) in [5.74, 6) is 0.246. The summed E-state index contributed by atoms with van der Waals surface area (Å²) in [5, 5.41) is 0.645. The molecule has 0 spiro atoms. The van der Waals surface area contributed by atoms with Crippen LogP contribution in [0.25, 0.3) is 16.2 Å². The van der Waals surface area contributed by atoms with E-state index in [4.69, 9.17) is 22.1 Å². The lowest BCUT2D eigenvalue weighted by Gasteiger charge is -2.32. The van der Waals surface area contributed by atoms with E-state index < -0.39 is 5.91 Å². The highest BCUT2D eigenvalue weighted by Gasteiger charge is 2.20. The SMILES string of the molecule is CC(Oc1cc(-c2cnc3ccc(CN4CCN(C)CC4)cn23)sc1CC(N)=O)c1ccccc1Cl. The minimum absolute atomic E-state index is 0.112. The first-order valence-corrected chi connectivity index (χ1v) is 13.3. The zero-order valence-corrected chi connectivity index (χ0v) is 22.1. The molecule has 3 aromatic heterocycles. The zero-order chi connectivity index (χ0) is 25.2. The number of carbonyl (C=O) groups is 1. The highest BCUT2D eigenvalue weighted by molar-refractivity contribution is 7.15. The fourth-order valence-corrected chi connectivity index (χ4v) is 5.94. The maximum atomic E-state index is 11.8. The molecule has 0 bridgehead atoms. The Hall–Kier alpha value is -2.91. The largest absolute Gasteiger partial charge is 0.485 e. The average molecular weight is 524 g/mol. The number of amides is 1. The molecule has 36 heavy (non-hydrogen) atoms. The number of primary amides is 1. The van der Waals surface area contributed by atoms with Gasteiger partial charge in [0.1, 0.15) is 17.5 Å². The van der Waals surface area contributed by atoms with E-state index in [0.29, 0.717) is 10.8 Å². The van der Waals surface area contributed by atoms with Gasteiger partial charge in [-0.3, -0.25) is 14.1 Å². The summed E-state index contributed by atoms with van der Waals surface area (Å²) < 4.78 is 8.43. The first-order chi connectivity index (χ1) is 17.4.